The number of nitrogens with zero attached hydrogens (tertiary/aromatic N) is 1. The zero-order valence-electron chi connectivity index (χ0n) is 9.44. The molecule has 1 amide bonds. The summed E-state index contributed by atoms with van der Waals surface area (Å²) < 4.78 is 0. The Bertz CT molecular complexity index is 477. The minimum atomic E-state index is 0.0513. The number of hydrogen-bond donors (Lipinski definition) is 0. The summed E-state index contributed by atoms with van der Waals surface area (Å²) >= 11 is 0. The number of hydrogen-bond acceptors (Lipinski definition) is 1. The highest BCUT2D eigenvalue weighted by Crippen LogP contribution is 2.51. The molecule has 0 unspecified atom stereocenters. The number of carbonyl (C=O) groups excluding carboxylic acids is 1. The Kier molecular flexibility index (Phi) is 1.93. The number of anilines is 1. The van der Waals surface area contributed by atoms with E-state index in [-0.39, 0.29) is 5.41 Å². The summed E-state index contributed by atoms with van der Waals surface area (Å²) in [5, 5.41) is 0. The second kappa shape index (κ2) is 3.21. The molecule has 0 N–H and O–H groups in total. The molecule has 1 heterocycles. The maximum atomic E-state index is 11.3. The third kappa shape index (κ3) is 1.04. The van der Waals surface area contributed by atoms with E-state index in [2.05, 4.69) is 25.1 Å². The Labute approximate surface area is 95.6 Å². The maximum Gasteiger partial charge on any atom is 0.218 e. The van der Waals surface area contributed by atoms with Crippen LogP contribution in [0.5, 0.6) is 0 Å². The number of allylic oxidation sites excluding steroid dienone is 2. The van der Waals surface area contributed by atoms with Gasteiger partial charge in [-0.3, -0.25) is 9.69 Å². The van der Waals surface area contributed by atoms with Gasteiger partial charge in [-0.05, 0) is 37.8 Å². The molecule has 0 saturated heterocycles. The standard InChI is InChI=1S/C14H15NO/c1-14-9-5-4-8-13(14)15(10-16)12-7-3-2-6-11(12)14/h2-3,6-8,10H,4-5,9H2,1H3/t14-/m0/s1. The predicted octanol–water partition coefficient (Wildman–Crippen LogP) is 2.99. The molecule has 0 fully saturated rings. The lowest BCUT2D eigenvalue weighted by molar-refractivity contribution is -0.107. The van der Waals surface area contributed by atoms with Gasteiger partial charge >= 0.3 is 0 Å². The number of fused-ring (bicyclic) bond motifs is 3. The van der Waals surface area contributed by atoms with Crippen molar-refractivity contribution in [1.82, 2.24) is 0 Å². The second-order valence-electron chi connectivity index (χ2n) is 4.81. The first kappa shape index (κ1) is 9.64. The molecule has 0 saturated carbocycles. The molecule has 1 aromatic carbocycles. The largest absolute Gasteiger partial charge is 0.287 e. The van der Waals surface area contributed by atoms with Crippen LogP contribution in [0.4, 0.5) is 5.69 Å². The average Bonchev–Trinajstić information content (AvgIpc) is 2.58. The normalized spacial score (nSPS) is 27.1. The molecule has 0 spiro atoms. The Hall–Kier alpha value is -1.57. The summed E-state index contributed by atoms with van der Waals surface area (Å²) in [6, 6.07) is 8.24. The molecule has 0 radical (unpaired) electrons. The number of carbonyl (C=O) groups is 1. The average molecular weight is 213 g/mol. The van der Waals surface area contributed by atoms with Gasteiger partial charge in [-0.2, -0.15) is 0 Å². The van der Waals surface area contributed by atoms with Crippen molar-refractivity contribution in [2.24, 2.45) is 0 Å². The number of benzene rings is 1. The summed E-state index contributed by atoms with van der Waals surface area (Å²) in [5.41, 5.74) is 3.59. The summed E-state index contributed by atoms with van der Waals surface area (Å²) in [7, 11) is 0. The van der Waals surface area contributed by atoms with Crippen LogP contribution in [0.1, 0.15) is 31.7 Å². The fraction of sp³-hybridized carbons (Fsp3) is 0.357. The van der Waals surface area contributed by atoms with E-state index in [1.54, 1.807) is 0 Å². The van der Waals surface area contributed by atoms with Gasteiger partial charge in [0.15, 0.2) is 0 Å². The zero-order valence-corrected chi connectivity index (χ0v) is 9.44. The van der Waals surface area contributed by atoms with Crippen LogP contribution >= 0.6 is 0 Å². The van der Waals surface area contributed by atoms with Crippen LogP contribution in [-0.2, 0) is 10.2 Å². The fourth-order valence-electron chi connectivity index (χ4n) is 3.08. The van der Waals surface area contributed by atoms with Gasteiger partial charge in [-0.15, -0.1) is 0 Å². The molecule has 0 aromatic heterocycles. The fourth-order valence-corrected chi connectivity index (χ4v) is 3.08. The van der Waals surface area contributed by atoms with Crippen LogP contribution in [-0.4, -0.2) is 6.41 Å². The Balaban J connectivity index is 2.27. The third-order valence-electron chi connectivity index (χ3n) is 3.91. The van der Waals surface area contributed by atoms with E-state index in [0.717, 1.165) is 24.9 Å². The molecular formula is C14H15NO. The minimum Gasteiger partial charge on any atom is -0.287 e. The van der Waals surface area contributed by atoms with E-state index in [4.69, 9.17) is 0 Å². The van der Waals surface area contributed by atoms with Gasteiger partial charge < -0.3 is 0 Å². The molecule has 1 aromatic rings. The summed E-state index contributed by atoms with van der Waals surface area (Å²) in [5.74, 6) is 0. The lowest BCUT2D eigenvalue weighted by atomic mass is 9.74. The van der Waals surface area contributed by atoms with Gasteiger partial charge in [0.05, 0.1) is 5.69 Å². The van der Waals surface area contributed by atoms with Crippen LogP contribution in [0.3, 0.4) is 0 Å². The molecule has 2 nitrogen and oxygen atoms in total. The molecule has 1 aliphatic heterocycles. The van der Waals surface area contributed by atoms with Crippen LogP contribution < -0.4 is 4.90 Å². The number of para-hydroxylation sites is 1. The van der Waals surface area contributed by atoms with Gasteiger partial charge in [-0.1, -0.05) is 24.3 Å². The van der Waals surface area contributed by atoms with E-state index in [9.17, 15) is 4.79 Å². The monoisotopic (exact) mass is 213 g/mol. The van der Waals surface area contributed by atoms with E-state index < -0.39 is 0 Å². The lowest BCUT2D eigenvalue weighted by Gasteiger charge is -2.31. The molecule has 16 heavy (non-hydrogen) atoms. The van der Waals surface area contributed by atoms with Crippen LogP contribution in [0.15, 0.2) is 36.0 Å². The molecule has 3 rings (SSSR count). The van der Waals surface area contributed by atoms with Crippen molar-refractivity contribution in [3.8, 4) is 0 Å². The number of amides is 1. The van der Waals surface area contributed by atoms with Crippen molar-refractivity contribution in [1.29, 1.82) is 0 Å². The molecule has 2 heteroatoms. The molecule has 1 atom stereocenters. The highest BCUT2D eigenvalue weighted by Gasteiger charge is 2.44. The first-order chi connectivity index (χ1) is 7.77. The second-order valence-corrected chi connectivity index (χ2v) is 4.81. The molecule has 0 bridgehead atoms. The first-order valence-corrected chi connectivity index (χ1v) is 5.82. The van der Waals surface area contributed by atoms with Crippen molar-refractivity contribution in [2.75, 3.05) is 4.90 Å². The van der Waals surface area contributed by atoms with E-state index >= 15 is 0 Å². The van der Waals surface area contributed by atoms with Crippen LogP contribution in [0.2, 0.25) is 0 Å². The van der Waals surface area contributed by atoms with Crippen LogP contribution in [0, 0.1) is 0 Å². The molecular weight excluding hydrogens is 198 g/mol. The Morgan fingerprint density at radius 2 is 2.19 bits per heavy atom. The predicted molar refractivity (Wildman–Crippen MR) is 64.3 cm³/mol. The van der Waals surface area contributed by atoms with Crippen molar-refractivity contribution >= 4 is 12.1 Å². The van der Waals surface area contributed by atoms with Crippen molar-refractivity contribution in [2.45, 2.75) is 31.6 Å². The summed E-state index contributed by atoms with van der Waals surface area (Å²) in [6.07, 6.45) is 6.60. The first-order valence-electron chi connectivity index (χ1n) is 5.82. The van der Waals surface area contributed by atoms with Crippen molar-refractivity contribution < 1.29 is 4.79 Å². The van der Waals surface area contributed by atoms with Gasteiger partial charge in [-0.25, -0.2) is 0 Å². The molecule has 82 valence electrons. The zero-order chi connectivity index (χ0) is 11.2. The summed E-state index contributed by atoms with van der Waals surface area (Å²) in [6.45, 7) is 2.25. The molecule has 2 aliphatic rings. The van der Waals surface area contributed by atoms with Crippen molar-refractivity contribution in [3.63, 3.8) is 0 Å². The SMILES string of the molecule is C[C@@]12CCCC=C1N(C=O)c1ccccc12. The highest BCUT2D eigenvalue weighted by atomic mass is 16.1. The molecule has 1 aliphatic carbocycles. The topological polar surface area (TPSA) is 20.3 Å². The number of rotatable bonds is 1. The van der Waals surface area contributed by atoms with Gasteiger partial charge in [0, 0.05) is 11.1 Å². The van der Waals surface area contributed by atoms with E-state index in [0.29, 0.717) is 0 Å². The van der Waals surface area contributed by atoms with E-state index in [1.165, 1.54) is 17.7 Å². The smallest absolute Gasteiger partial charge is 0.218 e. The quantitative estimate of drug-likeness (QED) is 0.657. The highest BCUT2D eigenvalue weighted by molar-refractivity contribution is 5.88. The van der Waals surface area contributed by atoms with Crippen LogP contribution in [0.25, 0.3) is 0 Å². The lowest BCUT2D eigenvalue weighted by Crippen LogP contribution is -2.29. The Morgan fingerprint density at radius 3 is 3.00 bits per heavy atom. The maximum absolute atomic E-state index is 11.3. The summed E-state index contributed by atoms with van der Waals surface area (Å²) in [4.78, 5) is 13.1. The third-order valence-corrected chi connectivity index (χ3v) is 3.91. The Morgan fingerprint density at radius 1 is 1.38 bits per heavy atom. The van der Waals surface area contributed by atoms with Gasteiger partial charge in [0.2, 0.25) is 6.41 Å². The van der Waals surface area contributed by atoms with Gasteiger partial charge in [0.25, 0.3) is 0 Å². The van der Waals surface area contributed by atoms with E-state index in [1.807, 2.05) is 17.0 Å². The minimum absolute atomic E-state index is 0.0513. The van der Waals surface area contributed by atoms with Gasteiger partial charge in [0.1, 0.15) is 0 Å². The van der Waals surface area contributed by atoms with Crippen molar-refractivity contribution in [3.05, 3.63) is 41.6 Å².